The van der Waals surface area contributed by atoms with E-state index in [9.17, 15) is 14.4 Å². The minimum Gasteiger partial charge on any atom is -0.480 e. The van der Waals surface area contributed by atoms with Crippen molar-refractivity contribution in [2.24, 2.45) is 0 Å². The number of fused-ring (bicyclic) bond motifs is 1. The Bertz CT molecular complexity index is 800. The number of carboxylic acid groups (broad SMARTS) is 1. The fraction of sp³-hybridized carbons (Fsp3) is 0.444. The maximum absolute atomic E-state index is 12.0. The lowest BCUT2D eigenvalue weighted by atomic mass is 10.1. The van der Waals surface area contributed by atoms with Gasteiger partial charge in [-0.25, -0.2) is 9.78 Å². The number of carbonyl (C=O) groups is 2. The number of aromatic amines is 1. The van der Waals surface area contributed by atoms with Crippen LogP contribution in [0.1, 0.15) is 44.9 Å². The average molecular weight is 345 g/mol. The molecule has 0 radical (unpaired) electrons. The van der Waals surface area contributed by atoms with Crippen LogP contribution in [0.15, 0.2) is 29.1 Å². The molecule has 7 heteroatoms. The number of hydrogen-bond donors (Lipinski definition) is 3. The maximum atomic E-state index is 12.0. The second-order valence-electron chi connectivity index (χ2n) is 5.98. The largest absolute Gasteiger partial charge is 0.480 e. The number of benzene rings is 1. The third-order valence-electron chi connectivity index (χ3n) is 3.96. The minimum atomic E-state index is -1.01. The second kappa shape index (κ2) is 8.96. The zero-order chi connectivity index (χ0) is 18.2. The molecule has 0 aliphatic carbocycles. The molecule has 0 fully saturated rings. The number of nitrogens with zero attached hydrogens (tertiary/aromatic N) is 1. The molecule has 1 amide bonds. The van der Waals surface area contributed by atoms with Gasteiger partial charge in [0, 0.05) is 12.8 Å². The maximum Gasteiger partial charge on any atom is 0.326 e. The quantitative estimate of drug-likeness (QED) is 0.643. The molecule has 0 unspecified atom stereocenters. The second-order valence-corrected chi connectivity index (χ2v) is 5.98. The molecule has 0 aliphatic rings. The van der Waals surface area contributed by atoms with Crippen LogP contribution in [0.3, 0.4) is 0 Å². The lowest BCUT2D eigenvalue weighted by molar-refractivity contribution is -0.142. The van der Waals surface area contributed by atoms with Gasteiger partial charge in [0.25, 0.3) is 5.56 Å². The number of unbranched alkanes of at least 4 members (excludes halogenated alkanes) is 1. The number of amides is 1. The zero-order valence-electron chi connectivity index (χ0n) is 14.2. The molecule has 1 heterocycles. The first-order valence-electron chi connectivity index (χ1n) is 8.51. The molecule has 2 aromatic rings. The lowest BCUT2D eigenvalue weighted by Crippen LogP contribution is -2.40. The Balaban J connectivity index is 1.88. The highest BCUT2D eigenvalue weighted by Gasteiger charge is 2.18. The topological polar surface area (TPSA) is 112 Å². The summed E-state index contributed by atoms with van der Waals surface area (Å²) in [7, 11) is 0. The number of hydrogen-bond acceptors (Lipinski definition) is 4. The molecule has 7 nitrogen and oxygen atoms in total. The average Bonchev–Trinajstić information content (AvgIpc) is 2.58. The van der Waals surface area contributed by atoms with Crippen LogP contribution < -0.4 is 10.9 Å². The van der Waals surface area contributed by atoms with E-state index in [0.29, 0.717) is 36.0 Å². The van der Waals surface area contributed by atoms with Gasteiger partial charge in [0.2, 0.25) is 5.91 Å². The Hall–Kier alpha value is -2.70. The van der Waals surface area contributed by atoms with Crippen LogP contribution in [0, 0.1) is 0 Å². The van der Waals surface area contributed by atoms with Gasteiger partial charge in [-0.3, -0.25) is 9.59 Å². The lowest BCUT2D eigenvalue weighted by Gasteiger charge is -2.13. The fourth-order valence-electron chi connectivity index (χ4n) is 2.60. The van der Waals surface area contributed by atoms with E-state index >= 15 is 0 Å². The smallest absolute Gasteiger partial charge is 0.326 e. The molecule has 1 atom stereocenters. The van der Waals surface area contributed by atoms with E-state index in [-0.39, 0.29) is 17.9 Å². The van der Waals surface area contributed by atoms with Crippen LogP contribution in [0.25, 0.3) is 10.9 Å². The molecule has 2 rings (SSSR count). The van der Waals surface area contributed by atoms with Crippen molar-refractivity contribution in [3.63, 3.8) is 0 Å². The summed E-state index contributed by atoms with van der Waals surface area (Å²) < 4.78 is 0. The number of carboxylic acids is 1. The number of aliphatic carboxylic acids is 1. The molecular weight excluding hydrogens is 322 g/mol. The molecule has 1 aromatic carbocycles. The van der Waals surface area contributed by atoms with Crippen molar-refractivity contribution >= 4 is 22.8 Å². The van der Waals surface area contributed by atoms with Crippen molar-refractivity contribution < 1.29 is 14.7 Å². The van der Waals surface area contributed by atoms with Crippen LogP contribution in [0.5, 0.6) is 0 Å². The van der Waals surface area contributed by atoms with Crippen molar-refractivity contribution in [2.75, 3.05) is 0 Å². The van der Waals surface area contributed by atoms with Crippen molar-refractivity contribution in [1.82, 2.24) is 15.3 Å². The van der Waals surface area contributed by atoms with E-state index in [4.69, 9.17) is 5.11 Å². The summed E-state index contributed by atoms with van der Waals surface area (Å²) >= 11 is 0. The van der Waals surface area contributed by atoms with Gasteiger partial charge in [-0.1, -0.05) is 31.9 Å². The van der Waals surface area contributed by atoms with E-state index in [1.807, 2.05) is 13.0 Å². The molecular formula is C18H23N3O4. The molecule has 0 saturated heterocycles. The Morgan fingerprint density at radius 2 is 2.04 bits per heavy atom. The van der Waals surface area contributed by atoms with Gasteiger partial charge < -0.3 is 15.4 Å². The van der Waals surface area contributed by atoms with E-state index in [1.54, 1.807) is 18.2 Å². The predicted octanol–water partition coefficient (Wildman–Crippen LogP) is 2.01. The standard InChI is InChI=1S/C18H23N3O4/c1-2-3-8-14(18(24)25)20-16(22)11-6-10-15-19-13-9-5-4-7-12(13)17(23)21-15/h4-5,7,9,14H,2-3,6,8,10-11H2,1H3,(H,20,22)(H,24,25)(H,19,21,23)/t14-/m0/s1. The zero-order valence-corrected chi connectivity index (χ0v) is 14.2. The van der Waals surface area contributed by atoms with Gasteiger partial charge in [0.05, 0.1) is 10.9 Å². The monoisotopic (exact) mass is 345 g/mol. The van der Waals surface area contributed by atoms with Gasteiger partial charge in [-0.15, -0.1) is 0 Å². The molecule has 134 valence electrons. The highest BCUT2D eigenvalue weighted by molar-refractivity contribution is 5.83. The fourth-order valence-corrected chi connectivity index (χ4v) is 2.60. The first-order chi connectivity index (χ1) is 12.0. The number of aryl methyl sites for hydroxylation is 1. The minimum absolute atomic E-state index is 0.187. The van der Waals surface area contributed by atoms with Gasteiger partial charge >= 0.3 is 5.97 Å². The summed E-state index contributed by atoms with van der Waals surface area (Å²) in [5.74, 6) is -0.786. The number of nitrogens with one attached hydrogen (secondary N) is 2. The molecule has 0 bridgehead atoms. The molecule has 25 heavy (non-hydrogen) atoms. The number of rotatable bonds is 9. The number of carbonyl (C=O) groups excluding carboxylic acids is 1. The Morgan fingerprint density at radius 3 is 2.76 bits per heavy atom. The van der Waals surface area contributed by atoms with Crippen LogP contribution >= 0.6 is 0 Å². The van der Waals surface area contributed by atoms with Gasteiger partial charge in [-0.2, -0.15) is 0 Å². The highest BCUT2D eigenvalue weighted by Crippen LogP contribution is 2.08. The SMILES string of the molecule is CCCC[C@H](NC(=O)CCCc1nc2ccccc2c(=O)[nH]1)C(=O)O. The van der Waals surface area contributed by atoms with Gasteiger partial charge in [-0.05, 0) is 25.0 Å². The summed E-state index contributed by atoms with van der Waals surface area (Å²) in [4.78, 5) is 42.1. The first kappa shape index (κ1) is 18.6. The van der Waals surface area contributed by atoms with E-state index in [2.05, 4.69) is 15.3 Å². The summed E-state index contributed by atoms with van der Waals surface area (Å²) in [6.07, 6.45) is 3.16. The van der Waals surface area contributed by atoms with Crippen LogP contribution in [-0.2, 0) is 16.0 Å². The normalized spacial score (nSPS) is 12.0. The Labute approximate surface area is 145 Å². The number of para-hydroxylation sites is 1. The summed E-state index contributed by atoms with van der Waals surface area (Å²) in [6, 6.07) is 6.23. The number of H-pyrrole nitrogens is 1. The van der Waals surface area contributed by atoms with Crippen molar-refractivity contribution in [3.05, 3.63) is 40.4 Å². The summed E-state index contributed by atoms with van der Waals surface area (Å²) in [5.41, 5.74) is 0.423. The third-order valence-corrected chi connectivity index (χ3v) is 3.96. The highest BCUT2D eigenvalue weighted by atomic mass is 16.4. The van der Waals surface area contributed by atoms with E-state index in [1.165, 1.54) is 0 Å². The van der Waals surface area contributed by atoms with E-state index in [0.717, 1.165) is 12.8 Å². The summed E-state index contributed by atoms with van der Waals surface area (Å²) in [5, 5.41) is 12.2. The Kier molecular flexibility index (Phi) is 6.68. The molecule has 3 N–H and O–H groups in total. The Morgan fingerprint density at radius 1 is 1.28 bits per heavy atom. The molecule has 1 aromatic heterocycles. The number of aromatic nitrogens is 2. The van der Waals surface area contributed by atoms with Gasteiger partial charge in [0.1, 0.15) is 11.9 Å². The molecule has 0 aliphatic heterocycles. The van der Waals surface area contributed by atoms with Crippen molar-refractivity contribution in [2.45, 2.75) is 51.5 Å². The van der Waals surface area contributed by atoms with Crippen molar-refractivity contribution in [1.29, 1.82) is 0 Å². The first-order valence-corrected chi connectivity index (χ1v) is 8.51. The third kappa shape index (κ3) is 5.41. The van der Waals surface area contributed by atoms with E-state index < -0.39 is 12.0 Å². The summed E-state index contributed by atoms with van der Waals surface area (Å²) in [6.45, 7) is 1.97. The van der Waals surface area contributed by atoms with Crippen LogP contribution in [0.4, 0.5) is 0 Å². The predicted molar refractivity (Wildman–Crippen MR) is 94.4 cm³/mol. The molecule has 0 saturated carbocycles. The molecule has 0 spiro atoms. The van der Waals surface area contributed by atoms with Gasteiger partial charge in [0.15, 0.2) is 0 Å². The van der Waals surface area contributed by atoms with Crippen molar-refractivity contribution in [3.8, 4) is 0 Å². The van der Waals surface area contributed by atoms with Crippen LogP contribution in [0.2, 0.25) is 0 Å². The van der Waals surface area contributed by atoms with Crippen LogP contribution in [-0.4, -0.2) is 33.0 Å².